The molecule has 1 saturated heterocycles. The zero-order valence-corrected chi connectivity index (χ0v) is 32.2. The van der Waals surface area contributed by atoms with Crippen LogP contribution in [0.1, 0.15) is 51.4 Å². The highest BCUT2D eigenvalue weighted by molar-refractivity contribution is 8.00. The highest BCUT2D eigenvalue weighted by Gasteiger charge is 2.56. The average Bonchev–Trinajstić information content (AvgIpc) is 3.24. The maximum absolute atomic E-state index is 13.3. The standard InChI is InChI=1S/C49H50O5S/c1-2-37-26-28-38(29-27-37)30-43-24-15-25-44(31-43)49(50)48(54-35-42-22-13-6-14-23-42)47(53-34-41-20-11-5-12-21-41)46(52-33-40-18-9-4-10-19-40)45(55-49)36-51-32-39-16-7-3-8-17-39/h3-29,31,45-48,50H,2,30,32-36H2,1H3/t45-,46+,47-,48+,49-/m0/s1. The summed E-state index contributed by atoms with van der Waals surface area (Å²) in [6.07, 6.45) is -0.189. The van der Waals surface area contributed by atoms with Crippen LogP contribution in [0.25, 0.3) is 0 Å². The van der Waals surface area contributed by atoms with Crippen LogP contribution in [0.5, 0.6) is 0 Å². The lowest BCUT2D eigenvalue weighted by molar-refractivity contribution is -0.199. The van der Waals surface area contributed by atoms with Gasteiger partial charge in [0.25, 0.3) is 0 Å². The molecule has 0 radical (unpaired) electrons. The molecule has 6 aromatic rings. The Morgan fingerprint density at radius 3 is 1.51 bits per heavy atom. The summed E-state index contributed by atoms with van der Waals surface area (Å²) in [7, 11) is 0. The summed E-state index contributed by atoms with van der Waals surface area (Å²) < 4.78 is 27.2. The highest BCUT2D eigenvalue weighted by atomic mass is 32.2. The van der Waals surface area contributed by atoms with E-state index >= 15 is 0 Å². The molecule has 0 aliphatic carbocycles. The van der Waals surface area contributed by atoms with E-state index < -0.39 is 23.2 Å². The van der Waals surface area contributed by atoms with E-state index in [1.54, 1.807) is 0 Å². The number of rotatable bonds is 17. The quantitative estimate of drug-likeness (QED) is 0.100. The molecule has 6 heteroatoms. The maximum Gasteiger partial charge on any atom is 0.165 e. The maximum atomic E-state index is 13.3. The second-order valence-electron chi connectivity index (χ2n) is 14.1. The molecule has 6 aromatic carbocycles. The topological polar surface area (TPSA) is 57.2 Å². The van der Waals surface area contributed by atoms with Gasteiger partial charge < -0.3 is 24.1 Å². The zero-order valence-electron chi connectivity index (χ0n) is 31.4. The number of hydrogen-bond donors (Lipinski definition) is 1. The van der Waals surface area contributed by atoms with Gasteiger partial charge in [0.15, 0.2) is 4.93 Å². The minimum Gasteiger partial charge on any atom is -0.376 e. The van der Waals surface area contributed by atoms with Crippen molar-refractivity contribution in [1.29, 1.82) is 0 Å². The first-order valence-corrected chi connectivity index (χ1v) is 20.1. The molecule has 1 aliphatic rings. The summed E-state index contributed by atoms with van der Waals surface area (Å²) in [5.74, 6) is 0. The Morgan fingerprint density at radius 1 is 0.491 bits per heavy atom. The Bertz CT molecular complexity index is 2010. The minimum absolute atomic E-state index is 0.295. The normalized spacial score (nSPS) is 21.0. The Hall–Kier alpha value is -4.53. The Kier molecular flexibility index (Phi) is 13.6. The summed E-state index contributed by atoms with van der Waals surface area (Å²) >= 11 is 1.45. The lowest BCUT2D eigenvalue weighted by Gasteiger charge is -2.50. The van der Waals surface area contributed by atoms with Gasteiger partial charge in [-0.15, -0.1) is 11.8 Å². The van der Waals surface area contributed by atoms with E-state index in [4.69, 9.17) is 18.9 Å². The van der Waals surface area contributed by atoms with Gasteiger partial charge in [-0.05, 0) is 57.3 Å². The van der Waals surface area contributed by atoms with Crippen LogP contribution in [0.15, 0.2) is 170 Å². The smallest absolute Gasteiger partial charge is 0.165 e. The first-order chi connectivity index (χ1) is 27.1. The number of aryl methyl sites for hydroxylation is 1. The van der Waals surface area contributed by atoms with Gasteiger partial charge in [-0.25, -0.2) is 0 Å². The summed E-state index contributed by atoms with van der Waals surface area (Å²) in [4.78, 5) is -1.51. The highest BCUT2D eigenvalue weighted by Crippen LogP contribution is 2.50. The third kappa shape index (κ3) is 10.4. The molecule has 0 bridgehead atoms. The Balaban J connectivity index is 1.27. The number of hydrogen-bond acceptors (Lipinski definition) is 6. The predicted octanol–water partition coefficient (Wildman–Crippen LogP) is 10.1. The third-order valence-electron chi connectivity index (χ3n) is 10.1. The van der Waals surface area contributed by atoms with Crippen molar-refractivity contribution in [3.63, 3.8) is 0 Å². The van der Waals surface area contributed by atoms with Crippen molar-refractivity contribution in [2.75, 3.05) is 6.61 Å². The van der Waals surface area contributed by atoms with E-state index in [1.165, 1.54) is 22.9 Å². The van der Waals surface area contributed by atoms with Crippen LogP contribution in [-0.4, -0.2) is 35.3 Å². The van der Waals surface area contributed by atoms with Crippen LogP contribution < -0.4 is 0 Å². The molecule has 1 N–H and O–H groups in total. The summed E-state index contributed by atoms with van der Waals surface area (Å²) in [5, 5.41) is 13.0. The molecule has 1 aliphatic heterocycles. The van der Waals surface area contributed by atoms with Crippen LogP contribution in [0.2, 0.25) is 0 Å². The molecule has 282 valence electrons. The van der Waals surface area contributed by atoms with E-state index in [0.717, 1.165) is 46.2 Å². The second-order valence-corrected chi connectivity index (χ2v) is 15.6. The average molecular weight is 751 g/mol. The first-order valence-electron chi connectivity index (χ1n) is 19.2. The Morgan fingerprint density at radius 2 is 0.964 bits per heavy atom. The van der Waals surface area contributed by atoms with Crippen molar-refractivity contribution in [1.82, 2.24) is 0 Å². The molecule has 7 rings (SSSR count). The second kappa shape index (κ2) is 19.4. The van der Waals surface area contributed by atoms with Gasteiger partial charge in [0.05, 0.1) is 38.3 Å². The molecular formula is C49H50O5S. The van der Waals surface area contributed by atoms with Crippen molar-refractivity contribution in [2.45, 2.75) is 74.7 Å². The fourth-order valence-electron chi connectivity index (χ4n) is 7.12. The Labute approximate surface area is 330 Å². The van der Waals surface area contributed by atoms with Crippen molar-refractivity contribution >= 4 is 11.8 Å². The molecule has 0 aromatic heterocycles. The van der Waals surface area contributed by atoms with Crippen molar-refractivity contribution in [3.8, 4) is 0 Å². The van der Waals surface area contributed by atoms with Crippen LogP contribution in [-0.2, 0) is 63.1 Å². The van der Waals surface area contributed by atoms with Gasteiger partial charge >= 0.3 is 0 Å². The molecule has 0 saturated carbocycles. The summed E-state index contributed by atoms with van der Waals surface area (Å²) in [6, 6.07) is 57.7. The van der Waals surface area contributed by atoms with E-state index in [2.05, 4.69) is 79.7 Å². The number of ether oxygens (including phenoxy) is 4. The molecule has 0 unspecified atom stereocenters. The molecule has 55 heavy (non-hydrogen) atoms. The van der Waals surface area contributed by atoms with E-state index in [-0.39, 0.29) is 5.25 Å². The molecule has 5 atom stereocenters. The number of benzene rings is 6. The van der Waals surface area contributed by atoms with Crippen LogP contribution in [0, 0.1) is 0 Å². The molecule has 5 nitrogen and oxygen atoms in total. The van der Waals surface area contributed by atoms with Gasteiger partial charge in [-0.1, -0.05) is 177 Å². The van der Waals surface area contributed by atoms with E-state index in [0.29, 0.717) is 33.0 Å². The van der Waals surface area contributed by atoms with Gasteiger partial charge in [-0.2, -0.15) is 0 Å². The van der Waals surface area contributed by atoms with Gasteiger partial charge in [0.2, 0.25) is 0 Å². The van der Waals surface area contributed by atoms with Crippen molar-refractivity contribution in [3.05, 3.63) is 214 Å². The minimum atomic E-state index is -1.51. The fourth-order valence-corrected chi connectivity index (χ4v) is 8.71. The van der Waals surface area contributed by atoms with Gasteiger partial charge in [0, 0.05) is 0 Å². The van der Waals surface area contributed by atoms with Gasteiger partial charge in [-0.3, -0.25) is 0 Å². The SMILES string of the molecule is CCc1ccc(Cc2cccc([C@]3(O)S[C@@H](COCc4ccccc4)[C@@H](OCc4ccccc4)[C@H](OCc4ccccc4)[C@H]3OCc3ccccc3)c2)cc1. The molecule has 1 heterocycles. The third-order valence-corrected chi connectivity index (χ3v) is 11.7. The van der Waals surface area contributed by atoms with Crippen LogP contribution in [0.3, 0.4) is 0 Å². The molecule has 1 fully saturated rings. The van der Waals surface area contributed by atoms with Crippen molar-refractivity contribution in [2.24, 2.45) is 0 Å². The van der Waals surface area contributed by atoms with Crippen LogP contribution in [0.4, 0.5) is 0 Å². The fraction of sp³-hybridized carbons (Fsp3) is 0.265. The van der Waals surface area contributed by atoms with E-state index in [1.807, 2.05) is 97.1 Å². The molecule has 0 amide bonds. The number of thioether (sulfide) groups is 1. The van der Waals surface area contributed by atoms with E-state index in [9.17, 15) is 5.11 Å². The summed E-state index contributed by atoms with van der Waals surface area (Å²) in [6.45, 7) is 3.95. The zero-order chi connectivity index (χ0) is 37.7. The monoisotopic (exact) mass is 750 g/mol. The first kappa shape index (κ1) is 38.7. The largest absolute Gasteiger partial charge is 0.376 e. The lowest BCUT2D eigenvalue weighted by Crippen LogP contribution is -2.61. The molecular weight excluding hydrogens is 701 g/mol. The number of aliphatic hydroxyl groups is 1. The lowest BCUT2D eigenvalue weighted by atomic mass is 9.91. The van der Waals surface area contributed by atoms with Crippen LogP contribution >= 0.6 is 11.8 Å². The van der Waals surface area contributed by atoms with Crippen molar-refractivity contribution < 1.29 is 24.1 Å². The van der Waals surface area contributed by atoms with Gasteiger partial charge in [0.1, 0.15) is 18.3 Å². The summed E-state index contributed by atoms with van der Waals surface area (Å²) in [5.41, 5.74) is 8.59. The predicted molar refractivity (Wildman–Crippen MR) is 221 cm³/mol. The molecule has 0 spiro atoms.